The molecular weight excluding hydrogens is 103 g/mol. The molecule has 0 saturated carbocycles. The number of rotatable bonds is 4. The molecule has 44 valence electrons. The molecule has 0 aliphatic rings. The zero-order valence-electron chi connectivity index (χ0n) is 5.33. The molecule has 0 N–H and O–H groups in total. The van der Waals surface area contributed by atoms with Gasteiger partial charge in [0, 0.05) is 0 Å². The zero-order chi connectivity index (χ0) is 5.54. The van der Waals surface area contributed by atoms with Crippen LogP contribution in [0.1, 0.15) is 26.7 Å². The van der Waals surface area contributed by atoms with E-state index in [1.54, 1.807) is 0 Å². The average molecular weight is 118 g/mol. The minimum Gasteiger partial charge on any atom is -0.122 e. The third-order valence-electron chi connectivity index (χ3n) is 0.854. The first-order chi connectivity index (χ1) is 3.41. The maximum absolute atomic E-state index is 2.25. The van der Waals surface area contributed by atoms with Gasteiger partial charge in [0.1, 0.15) is 0 Å². The van der Waals surface area contributed by atoms with E-state index in [-0.39, 0.29) is 0 Å². The van der Waals surface area contributed by atoms with Crippen LogP contribution in [0.25, 0.3) is 0 Å². The van der Waals surface area contributed by atoms with Crippen LogP contribution in [0, 0.1) is 0 Å². The van der Waals surface area contributed by atoms with Crippen LogP contribution >= 0.6 is 8.58 Å². The Morgan fingerprint density at radius 3 is 1.71 bits per heavy atom. The SMILES string of the molecule is CCCPCCC. The summed E-state index contributed by atoms with van der Waals surface area (Å²) in [5.74, 6) is 0. The van der Waals surface area contributed by atoms with Gasteiger partial charge in [-0.1, -0.05) is 26.7 Å². The van der Waals surface area contributed by atoms with E-state index >= 15 is 0 Å². The van der Waals surface area contributed by atoms with Crippen molar-refractivity contribution in [3.63, 3.8) is 0 Å². The molecule has 0 rings (SSSR count). The van der Waals surface area contributed by atoms with Gasteiger partial charge in [-0.3, -0.25) is 0 Å². The molecule has 0 aliphatic heterocycles. The minimum absolute atomic E-state index is 1.23. The van der Waals surface area contributed by atoms with E-state index in [0.717, 1.165) is 0 Å². The standard InChI is InChI=1S/C6H15P/c1-3-5-7-6-4-2/h7H,3-6H2,1-2H3. The Balaban J connectivity index is 2.45. The van der Waals surface area contributed by atoms with Crippen molar-refractivity contribution in [1.82, 2.24) is 0 Å². The molecular formula is C6H15P. The van der Waals surface area contributed by atoms with Gasteiger partial charge in [0.2, 0.25) is 0 Å². The van der Waals surface area contributed by atoms with Gasteiger partial charge < -0.3 is 0 Å². The monoisotopic (exact) mass is 118 g/mol. The molecule has 0 fully saturated rings. The fourth-order valence-corrected chi connectivity index (χ4v) is 1.44. The highest BCUT2D eigenvalue weighted by atomic mass is 31.1. The van der Waals surface area contributed by atoms with E-state index in [9.17, 15) is 0 Å². The summed E-state index contributed by atoms with van der Waals surface area (Å²) in [5, 5.41) is 0. The second-order valence-electron chi connectivity index (χ2n) is 1.75. The summed E-state index contributed by atoms with van der Waals surface area (Å²) in [6, 6.07) is 0. The van der Waals surface area contributed by atoms with E-state index in [1.165, 1.54) is 33.7 Å². The zero-order valence-corrected chi connectivity index (χ0v) is 6.33. The molecule has 0 saturated heterocycles. The molecule has 0 heterocycles. The largest absolute Gasteiger partial charge is 0.122 e. The van der Waals surface area contributed by atoms with Crippen LogP contribution in [0.4, 0.5) is 0 Å². The highest BCUT2D eigenvalue weighted by molar-refractivity contribution is 7.37. The second kappa shape index (κ2) is 6.43. The summed E-state index contributed by atoms with van der Waals surface area (Å²) in [5.41, 5.74) is 0. The van der Waals surface area contributed by atoms with Crippen LogP contribution in [-0.2, 0) is 0 Å². The van der Waals surface area contributed by atoms with Crippen molar-refractivity contribution < 1.29 is 0 Å². The Morgan fingerprint density at radius 1 is 1.00 bits per heavy atom. The highest BCUT2D eigenvalue weighted by Crippen LogP contribution is 2.10. The molecule has 0 unspecified atom stereocenters. The maximum Gasteiger partial charge on any atom is -0.0356 e. The van der Waals surface area contributed by atoms with Crippen molar-refractivity contribution >= 4 is 8.58 Å². The fraction of sp³-hybridized carbons (Fsp3) is 1.00. The fourth-order valence-electron chi connectivity index (χ4n) is 0.479. The molecule has 0 bridgehead atoms. The first-order valence-corrected chi connectivity index (χ1v) is 4.54. The Hall–Kier alpha value is 0.430. The molecule has 7 heavy (non-hydrogen) atoms. The van der Waals surface area contributed by atoms with Crippen molar-refractivity contribution in [3.05, 3.63) is 0 Å². The van der Waals surface area contributed by atoms with Gasteiger partial charge in [-0.2, -0.15) is 0 Å². The van der Waals surface area contributed by atoms with Crippen LogP contribution in [-0.4, -0.2) is 12.3 Å². The molecule has 0 atom stereocenters. The lowest BCUT2D eigenvalue weighted by molar-refractivity contribution is 1.07. The predicted octanol–water partition coefficient (Wildman–Crippen LogP) is 2.48. The van der Waals surface area contributed by atoms with Crippen LogP contribution in [0.15, 0.2) is 0 Å². The Labute approximate surface area is 48.5 Å². The van der Waals surface area contributed by atoms with E-state index in [2.05, 4.69) is 13.8 Å². The normalized spacial score (nSPS) is 9.43. The molecule has 0 nitrogen and oxygen atoms in total. The summed E-state index contributed by atoms with van der Waals surface area (Å²) in [6.45, 7) is 4.51. The van der Waals surface area contributed by atoms with Crippen LogP contribution < -0.4 is 0 Å². The first-order valence-electron chi connectivity index (χ1n) is 3.12. The Kier molecular flexibility index (Phi) is 6.82. The van der Waals surface area contributed by atoms with Gasteiger partial charge in [-0.05, 0) is 12.3 Å². The molecule has 0 amide bonds. The number of hydrogen-bond donors (Lipinski definition) is 0. The second-order valence-corrected chi connectivity index (χ2v) is 3.25. The Bertz CT molecular complexity index is 23.4. The smallest absolute Gasteiger partial charge is 0.0356 e. The summed E-state index contributed by atoms with van der Waals surface area (Å²) < 4.78 is 0. The molecule has 0 spiro atoms. The molecule has 0 aromatic carbocycles. The highest BCUT2D eigenvalue weighted by Gasteiger charge is 1.79. The van der Waals surface area contributed by atoms with Crippen LogP contribution in [0.2, 0.25) is 0 Å². The topological polar surface area (TPSA) is 0 Å². The molecule has 1 heteroatoms. The first kappa shape index (κ1) is 7.43. The van der Waals surface area contributed by atoms with Gasteiger partial charge in [-0.15, -0.1) is 8.58 Å². The lowest BCUT2D eigenvalue weighted by atomic mass is 10.6. The summed E-state index contributed by atoms with van der Waals surface area (Å²) in [6.07, 6.45) is 5.65. The predicted molar refractivity (Wildman–Crippen MR) is 38.6 cm³/mol. The minimum atomic E-state index is 1.23. The van der Waals surface area contributed by atoms with E-state index in [0.29, 0.717) is 0 Å². The lowest BCUT2D eigenvalue weighted by Crippen LogP contribution is -1.72. The molecule has 0 radical (unpaired) electrons. The average Bonchev–Trinajstić information content (AvgIpc) is 1.69. The van der Waals surface area contributed by atoms with Crippen molar-refractivity contribution in [1.29, 1.82) is 0 Å². The van der Waals surface area contributed by atoms with E-state index in [4.69, 9.17) is 0 Å². The van der Waals surface area contributed by atoms with Crippen molar-refractivity contribution in [2.75, 3.05) is 12.3 Å². The Morgan fingerprint density at radius 2 is 1.43 bits per heavy atom. The lowest BCUT2D eigenvalue weighted by Gasteiger charge is -1.91. The maximum atomic E-state index is 2.25. The quantitative estimate of drug-likeness (QED) is 0.393. The van der Waals surface area contributed by atoms with Gasteiger partial charge in [0.05, 0.1) is 0 Å². The summed E-state index contributed by atoms with van der Waals surface area (Å²) in [4.78, 5) is 0. The van der Waals surface area contributed by atoms with Crippen LogP contribution in [0.3, 0.4) is 0 Å². The van der Waals surface area contributed by atoms with Gasteiger partial charge in [-0.25, -0.2) is 0 Å². The molecule has 0 aliphatic carbocycles. The molecule has 0 aromatic rings. The van der Waals surface area contributed by atoms with Gasteiger partial charge in [0.25, 0.3) is 0 Å². The van der Waals surface area contributed by atoms with Crippen LogP contribution in [0.5, 0.6) is 0 Å². The number of hydrogen-bond acceptors (Lipinski definition) is 0. The van der Waals surface area contributed by atoms with Crippen molar-refractivity contribution in [3.8, 4) is 0 Å². The van der Waals surface area contributed by atoms with Gasteiger partial charge >= 0.3 is 0 Å². The van der Waals surface area contributed by atoms with E-state index in [1.807, 2.05) is 0 Å². The summed E-state index contributed by atoms with van der Waals surface area (Å²) >= 11 is 0. The summed E-state index contributed by atoms with van der Waals surface area (Å²) in [7, 11) is 1.23. The van der Waals surface area contributed by atoms with Crippen molar-refractivity contribution in [2.45, 2.75) is 26.7 Å². The third-order valence-corrected chi connectivity index (χ3v) is 2.56. The molecule has 0 aromatic heterocycles. The van der Waals surface area contributed by atoms with E-state index < -0.39 is 0 Å². The van der Waals surface area contributed by atoms with Crippen molar-refractivity contribution in [2.24, 2.45) is 0 Å². The third kappa shape index (κ3) is 6.43. The van der Waals surface area contributed by atoms with Gasteiger partial charge in [0.15, 0.2) is 0 Å².